The summed E-state index contributed by atoms with van der Waals surface area (Å²) in [6.07, 6.45) is 6.33. The minimum atomic E-state index is 1.21. The molecule has 0 heterocycles. The van der Waals surface area contributed by atoms with Crippen molar-refractivity contribution in [3.8, 4) is 0 Å². The van der Waals surface area contributed by atoms with E-state index in [0.29, 0.717) is 0 Å². The zero-order valence-corrected chi connectivity index (χ0v) is 12.9. The van der Waals surface area contributed by atoms with Crippen LogP contribution in [0, 0.1) is 0 Å². The topological polar surface area (TPSA) is 0 Å². The molecule has 0 unspecified atom stereocenters. The summed E-state index contributed by atoms with van der Waals surface area (Å²) >= 11 is 2.01. The summed E-state index contributed by atoms with van der Waals surface area (Å²) in [5.74, 6) is 1.23. The van der Waals surface area contributed by atoms with Crippen LogP contribution in [0.1, 0.15) is 45.1 Å². The minimum absolute atomic E-state index is 1.21. The van der Waals surface area contributed by atoms with Gasteiger partial charge in [-0.3, -0.25) is 0 Å². The van der Waals surface area contributed by atoms with E-state index < -0.39 is 0 Å². The maximum absolute atomic E-state index is 2.34. The first-order valence-corrected chi connectivity index (χ1v) is 8.48. The van der Waals surface area contributed by atoms with Crippen molar-refractivity contribution in [2.45, 2.75) is 50.8 Å². The van der Waals surface area contributed by atoms with Crippen LogP contribution in [-0.4, -0.2) is 5.75 Å². The van der Waals surface area contributed by atoms with Gasteiger partial charge in [0, 0.05) is 4.90 Å². The Morgan fingerprint density at radius 2 is 1.58 bits per heavy atom. The second-order valence-electron chi connectivity index (χ2n) is 5.07. The molecule has 2 rings (SSSR count). The van der Waals surface area contributed by atoms with Gasteiger partial charge in [0.25, 0.3) is 0 Å². The number of benzene rings is 2. The molecule has 0 aromatic heterocycles. The highest BCUT2D eigenvalue weighted by Gasteiger charge is 2.05. The Morgan fingerprint density at radius 3 is 2.32 bits per heavy atom. The molecule has 2 aromatic carbocycles. The average Bonchev–Trinajstić information content (AvgIpc) is 2.46. The van der Waals surface area contributed by atoms with Crippen LogP contribution >= 0.6 is 11.8 Å². The van der Waals surface area contributed by atoms with Crippen LogP contribution in [0.5, 0.6) is 0 Å². The monoisotopic (exact) mass is 272 g/mol. The Morgan fingerprint density at radius 1 is 0.842 bits per heavy atom. The lowest BCUT2D eigenvalue weighted by Crippen LogP contribution is -1.89. The number of unbranched alkanes of at least 4 members (excludes halogenated alkanes) is 2. The van der Waals surface area contributed by atoms with Gasteiger partial charge in [0.15, 0.2) is 0 Å². The van der Waals surface area contributed by atoms with E-state index in [1.807, 2.05) is 11.8 Å². The van der Waals surface area contributed by atoms with Crippen LogP contribution in [0.3, 0.4) is 0 Å². The number of rotatable bonds is 7. The lowest BCUT2D eigenvalue weighted by molar-refractivity contribution is 0.798. The zero-order chi connectivity index (χ0) is 13.5. The van der Waals surface area contributed by atoms with Gasteiger partial charge in [-0.05, 0) is 47.4 Å². The van der Waals surface area contributed by atoms with Crippen LogP contribution in [-0.2, 0) is 6.42 Å². The fraction of sp³-hybridized carbons (Fsp3) is 0.444. The number of fused-ring (bicyclic) bond motifs is 1. The summed E-state index contributed by atoms with van der Waals surface area (Å²) in [6.45, 7) is 4.52. The highest BCUT2D eigenvalue weighted by Crippen LogP contribution is 2.31. The molecule has 0 atom stereocenters. The Balaban J connectivity index is 2.29. The van der Waals surface area contributed by atoms with Gasteiger partial charge in [-0.1, -0.05) is 57.0 Å². The predicted octanol–water partition coefficient (Wildman–Crippen LogP) is 6.07. The highest BCUT2D eigenvalue weighted by atomic mass is 32.2. The summed E-state index contributed by atoms with van der Waals surface area (Å²) < 4.78 is 0. The molecule has 102 valence electrons. The van der Waals surface area contributed by atoms with Gasteiger partial charge in [0.2, 0.25) is 0 Å². The quantitative estimate of drug-likeness (QED) is 0.435. The normalized spacial score (nSPS) is 11.1. The van der Waals surface area contributed by atoms with Crippen LogP contribution in [0.4, 0.5) is 0 Å². The van der Waals surface area contributed by atoms with E-state index >= 15 is 0 Å². The fourth-order valence-corrected chi connectivity index (χ4v) is 3.52. The Labute approximate surface area is 121 Å². The maximum atomic E-state index is 2.34. The van der Waals surface area contributed by atoms with E-state index in [1.54, 1.807) is 0 Å². The first kappa shape index (κ1) is 14.5. The van der Waals surface area contributed by atoms with E-state index in [-0.39, 0.29) is 0 Å². The molecule has 0 aliphatic rings. The SMILES string of the molecule is CCCCSc1ccc(CCCC)c2ccccc12. The van der Waals surface area contributed by atoms with Crippen LogP contribution in [0.2, 0.25) is 0 Å². The summed E-state index contributed by atoms with van der Waals surface area (Å²) in [5.41, 5.74) is 1.51. The average molecular weight is 272 g/mol. The third-order valence-corrected chi connectivity index (χ3v) is 4.69. The van der Waals surface area contributed by atoms with Crippen molar-refractivity contribution in [1.29, 1.82) is 0 Å². The number of aryl methyl sites for hydroxylation is 1. The molecule has 0 fully saturated rings. The summed E-state index contributed by atoms with van der Waals surface area (Å²) in [5, 5.41) is 2.90. The molecule has 0 nitrogen and oxygen atoms in total. The molecular weight excluding hydrogens is 248 g/mol. The van der Waals surface area contributed by atoms with Crippen molar-refractivity contribution in [1.82, 2.24) is 0 Å². The predicted molar refractivity (Wildman–Crippen MR) is 88.2 cm³/mol. The molecule has 0 saturated carbocycles. The van der Waals surface area contributed by atoms with Crippen molar-refractivity contribution >= 4 is 22.5 Å². The first-order valence-electron chi connectivity index (χ1n) is 7.50. The molecule has 1 heteroatoms. The molecule has 0 saturated heterocycles. The number of hydrogen-bond acceptors (Lipinski definition) is 1. The maximum Gasteiger partial charge on any atom is 0.0151 e. The van der Waals surface area contributed by atoms with E-state index in [9.17, 15) is 0 Å². The zero-order valence-electron chi connectivity index (χ0n) is 12.1. The van der Waals surface area contributed by atoms with Gasteiger partial charge in [0.05, 0.1) is 0 Å². The van der Waals surface area contributed by atoms with E-state index in [2.05, 4.69) is 50.2 Å². The van der Waals surface area contributed by atoms with Gasteiger partial charge >= 0.3 is 0 Å². The summed E-state index contributed by atoms with van der Waals surface area (Å²) in [4.78, 5) is 1.45. The van der Waals surface area contributed by atoms with E-state index in [4.69, 9.17) is 0 Å². The number of hydrogen-bond donors (Lipinski definition) is 0. The van der Waals surface area contributed by atoms with Crippen LogP contribution < -0.4 is 0 Å². The fourth-order valence-electron chi connectivity index (χ4n) is 2.37. The second kappa shape index (κ2) is 7.59. The Kier molecular flexibility index (Phi) is 5.78. The molecule has 0 spiro atoms. The van der Waals surface area contributed by atoms with Crippen molar-refractivity contribution in [2.75, 3.05) is 5.75 Å². The molecule has 0 N–H and O–H groups in total. The summed E-state index contributed by atoms with van der Waals surface area (Å²) in [7, 11) is 0. The lowest BCUT2D eigenvalue weighted by atomic mass is 10.0. The third kappa shape index (κ3) is 3.76. The van der Waals surface area contributed by atoms with Crippen molar-refractivity contribution < 1.29 is 0 Å². The summed E-state index contributed by atoms with van der Waals surface area (Å²) in [6, 6.07) is 13.6. The Bertz CT molecular complexity index is 516. The minimum Gasteiger partial charge on any atom is -0.126 e. The molecule has 0 amide bonds. The molecule has 0 radical (unpaired) electrons. The molecule has 0 aliphatic carbocycles. The van der Waals surface area contributed by atoms with Crippen LogP contribution in [0.15, 0.2) is 41.3 Å². The van der Waals surface area contributed by atoms with E-state index in [1.165, 1.54) is 59.1 Å². The van der Waals surface area contributed by atoms with Crippen molar-refractivity contribution in [3.63, 3.8) is 0 Å². The van der Waals surface area contributed by atoms with Crippen LogP contribution in [0.25, 0.3) is 10.8 Å². The molecule has 0 bridgehead atoms. The van der Waals surface area contributed by atoms with E-state index in [0.717, 1.165) is 0 Å². The lowest BCUT2D eigenvalue weighted by Gasteiger charge is -2.10. The third-order valence-electron chi connectivity index (χ3n) is 3.53. The van der Waals surface area contributed by atoms with Gasteiger partial charge in [-0.2, -0.15) is 0 Å². The molecular formula is C18H24S. The van der Waals surface area contributed by atoms with Crippen molar-refractivity contribution in [2.24, 2.45) is 0 Å². The van der Waals surface area contributed by atoms with Gasteiger partial charge in [-0.25, -0.2) is 0 Å². The number of thioether (sulfide) groups is 1. The van der Waals surface area contributed by atoms with Gasteiger partial charge in [-0.15, -0.1) is 11.8 Å². The second-order valence-corrected chi connectivity index (χ2v) is 6.21. The van der Waals surface area contributed by atoms with Gasteiger partial charge < -0.3 is 0 Å². The largest absolute Gasteiger partial charge is 0.126 e. The smallest absolute Gasteiger partial charge is 0.0151 e. The standard InChI is InChI=1S/C18H24S/c1-3-5-9-15-12-13-18(19-14-6-4-2)17-11-8-7-10-16(15)17/h7-8,10-13H,3-6,9,14H2,1-2H3. The highest BCUT2D eigenvalue weighted by molar-refractivity contribution is 7.99. The van der Waals surface area contributed by atoms with Crippen molar-refractivity contribution in [3.05, 3.63) is 42.0 Å². The molecule has 2 aromatic rings. The Hall–Kier alpha value is -0.950. The molecule has 19 heavy (non-hydrogen) atoms. The van der Waals surface area contributed by atoms with Gasteiger partial charge in [0.1, 0.15) is 0 Å². The first-order chi connectivity index (χ1) is 9.36. The molecule has 0 aliphatic heterocycles.